The summed E-state index contributed by atoms with van der Waals surface area (Å²) in [5.41, 5.74) is 6.39. The molecule has 0 saturated carbocycles. The first-order chi connectivity index (χ1) is 13.3. The van der Waals surface area contributed by atoms with Crippen molar-refractivity contribution in [3.63, 3.8) is 0 Å². The normalized spacial score (nSPS) is 11.0. The molecule has 138 valence electrons. The zero-order chi connectivity index (χ0) is 18.9. The summed E-state index contributed by atoms with van der Waals surface area (Å²) in [6, 6.07) is 20.1. The van der Waals surface area contributed by atoms with Crippen LogP contribution < -0.4 is 4.74 Å². The lowest BCUT2D eigenvalue weighted by molar-refractivity contribution is 0.106. The van der Waals surface area contributed by atoms with Crippen LogP contribution in [0.5, 0.6) is 5.75 Å². The molecular formula is C23H22ClNO2. The summed E-state index contributed by atoms with van der Waals surface area (Å²) >= 11 is 5.88. The fourth-order valence-corrected chi connectivity index (χ4v) is 2.90. The summed E-state index contributed by atoms with van der Waals surface area (Å²) in [5, 5.41) is 0. The van der Waals surface area contributed by atoms with Gasteiger partial charge in [-0.3, -0.25) is 4.98 Å². The van der Waals surface area contributed by atoms with Crippen molar-refractivity contribution >= 4 is 17.7 Å². The van der Waals surface area contributed by atoms with Crippen LogP contribution in [0.25, 0.3) is 6.08 Å². The Hall–Kier alpha value is -2.62. The molecular weight excluding hydrogens is 358 g/mol. The fourth-order valence-electron chi connectivity index (χ4n) is 2.77. The van der Waals surface area contributed by atoms with Crippen molar-refractivity contribution in [2.75, 3.05) is 0 Å². The second kappa shape index (κ2) is 9.91. The van der Waals surface area contributed by atoms with E-state index in [1.807, 2.05) is 79.9 Å². The summed E-state index contributed by atoms with van der Waals surface area (Å²) in [5.74, 6) is 0.733. The molecule has 3 aromatic rings. The number of hydrogen-bond acceptors (Lipinski definition) is 3. The van der Waals surface area contributed by atoms with Gasteiger partial charge in [-0.25, -0.2) is 0 Å². The quantitative estimate of drug-likeness (QED) is 0.488. The van der Waals surface area contributed by atoms with E-state index in [2.05, 4.69) is 4.98 Å². The smallest absolute Gasteiger partial charge is 0.148 e. The standard InChI is InChI=1S/C23H22ClNO2/c1-18-23(27-16-20-10-6-3-7-11-20)22(12-13-24)21(14-25-18)17-26-15-19-8-4-2-5-9-19/h2-14H,15-17H2,1H3/b13-12+. The molecule has 0 aliphatic heterocycles. The second-order valence-corrected chi connectivity index (χ2v) is 6.41. The van der Waals surface area contributed by atoms with Crippen LogP contribution in [0.15, 0.2) is 72.4 Å². The van der Waals surface area contributed by atoms with Gasteiger partial charge in [0.15, 0.2) is 0 Å². The third kappa shape index (κ3) is 5.43. The van der Waals surface area contributed by atoms with Crippen LogP contribution in [0.2, 0.25) is 0 Å². The van der Waals surface area contributed by atoms with E-state index in [0.29, 0.717) is 19.8 Å². The third-order valence-electron chi connectivity index (χ3n) is 4.16. The second-order valence-electron chi connectivity index (χ2n) is 6.16. The molecule has 0 amide bonds. The molecule has 0 aliphatic carbocycles. The minimum Gasteiger partial charge on any atom is -0.486 e. The molecule has 0 N–H and O–H groups in total. The first-order valence-electron chi connectivity index (χ1n) is 8.81. The minimum absolute atomic E-state index is 0.431. The summed E-state index contributed by atoms with van der Waals surface area (Å²) in [6.07, 6.45) is 3.65. The predicted molar refractivity (Wildman–Crippen MR) is 110 cm³/mol. The lowest BCUT2D eigenvalue weighted by Crippen LogP contribution is -2.04. The molecule has 0 saturated heterocycles. The van der Waals surface area contributed by atoms with Crippen molar-refractivity contribution in [2.24, 2.45) is 0 Å². The van der Waals surface area contributed by atoms with Crippen molar-refractivity contribution in [1.82, 2.24) is 4.98 Å². The van der Waals surface area contributed by atoms with E-state index in [-0.39, 0.29) is 0 Å². The van der Waals surface area contributed by atoms with Gasteiger partial charge in [0.25, 0.3) is 0 Å². The molecule has 0 atom stereocenters. The van der Waals surface area contributed by atoms with Gasteiger partial charge in [-0.05, 0) is 24.1 Å². The van der Waals surface area contributed by atoms with Gasteiger partial charge in [-0.1, -0.05) is 72.3 Å². The van der Waals surface area contributed by atoms with Crippen LogP contribution in [0.3, 0.4) is 0 Å². The van der Waals surface area contributed by atoms with Crippen LogP contribution in [-0.2, 0) is 24.6 Å². The maximum absolute atomic E-state index is 6.08. The van der Waals surface area contributed by atoms with E-state index < -0.39 is 0 Å². The monoisotopic (exact) mass is 379 g/mol. The molecule has 27 heavy (non-hydrogen) atoms. The van der Waals surface area contributed by atoms with Gasteiger partial charge in [0, 0.05) is 22.9 Å². The molecule has 4 heteroatoms. The Kier molecular flexibility index (Phi) is 7.03. The average molecular weight is 380 g/mol. The molecule has 1 heterocycles. The van der Waals surface area contributed by atoms with E-state index in [1.54, 1.807) is 0 Å². The first kappa shape index (κ1) is 19.2. The Bertz CT molecular complexity index is 880. The van der Waals surface area contributed by atoms with Gasteiger partial charge in [-0.15, -0.1) is 0 Å². The van der Waals surface area contributed by atoms with Gasteiger partial charge in [0.05, 0.1) is 18.9 Å². The lowest BCUT2D eigenvalue weighted by Gasteiger charge is -2.15. The molecule has 0 unspecified atom stereocenters. The number of nitrogens with zero attached hydrogens (tertiary/aromatic N) is 1. The minimum atomic E-state index is 0.431. The number of pyridine rings is 1. The zero-order valence-corrected chi connectivity index (χ0v) is 16.0. The van der Waals surface area contributed by atoms with E-state index in [9.17, 15) is 0 Å². The first-order valence-corrected chi connectivity index (χ1v) is 9.25. The van der Waals surface area contributed by atoms with Gasteiger partial charge >= 0.3 is 0 Å². The van der Waals surface area contributed by atoms with Gasteiger partial charge in [0.1, 0.15) is 12.4 Å². The molecule has 0 bridgehead atoms. The average Bonchev–Trinajstić information content (AvgIpc) is 2.71. The van der Waals surface area contributed by atoms with Gasteiger partial charge in [0.2, 0.25) is 0 Å². The third-order valence-corrected chi connectivity index (χ3v) is 4.28. The van der Waals surface area contributed by atoms with Gasteiger partial charge in [-0.2, -0.15) is 0 Å². The highest BCUT2D eigenvalue weighted by Crippen LogP contribution is 2.28. The number of aromatic nitrogens is 1. The van der Waals surface area contributed by atoms with E-state index in [4.69, 9.17) is 21.1 Å². The van der Waals surface area contributed by atoms with Crippen molar-refractivity contribution in [1.29, 1.82) is 0 Å². The molecule has 1 aromatic heterocycles. The zero-order valence-electron chi connectivity index (χ0n) is 15.3. The number of hydrogen-bond donors (Lipinski definition) is 0. The van der Waals surface area contributed by atoms with Crippen LogP contribution in [0.1, 0.15) is 27.9 Å². The number of ether oxygens (including phenoxy) is 2. The Morgan fingerprint density at radius 1 is 0.889 bits per heavy atom. The number of halogens is 1. The SMILES string of the molecule is Cc1ncc(COCc2ccccc2)c(/C=C/Cl)c1OCc1ccccc1. The summed E-state index contributed by atoms with van der Waals surface area (Å²) in [4.78, 5) is 4.48. The highest BCUT2D eigenvalue weighted by atomic mass is 35.5. The maximum Gasteiger partial charge on any atom is 0.148 e. The Balaban J connectivity index is 1.75. The maximum atomic E-state index is 6.08. The number of benzene rings is 2. The predicted octanol–water partition coefficient (Wildman–Crippen LogP) is 5.90. The lowest BCUT2D eigenvalue weighted by atomic mass is 10.1. The molecule has 0 spiro atoms. The fraction of sp³-hybridized carbons (Fsp3) is 0.174. The van der Waals surface area contributed by atoms with E-state index >= 15 is 0 Å². The van der Waals surface area contributed by atoms with Crippen molar-refractivity contribution < 1.29 is 9.47 Å². The summed E-state index contributed by atoms with van der Waals surface area (Å²) in [6.45, 7) is 3.38. The highest BCUT2D eigenvalue weighted by Gasteiger charge is 2.13. The molecule has 0 fully saturated rings. The van der Waals surface area contributed by atoms with Crippen LogP contribution in [-0.4, -0.2) is 4.98 Å². The molecule has 3 rings (SSSR count). The Morgan fingerprint density at radius 3 is 2.15 bits per heavy atom. The highest BCUT2D eigenvalue weighted by molar-refractivity contribution is 6.27. The molecule has 0 radical (unpaired) electrons. The summed E-state index contributed by atoms with van der Waals surface area (Å²) in [7, 11) is 0. The largest absolute Gasteiger partial charge is 0.486 e. The molecule has 0 aliphatic rings. The Labute approximate surface area is 165 Å². The number of rotatable bonds is 8. The summed E-state index contributed by atoms with van der Waals surface area (Å²) < 4.78 is 12.0. The van der Waals surface area contributed by atoms with Crippen LogP contribution in [0.4, 0.5) is 0 Å². The Morgan fingerprint density at radius 2 is 1.52 bits per heavy atom. The van der Waals surface area contributed by atoms with Crippen molar-refractivity contribution in [2.45, 2.75) is 26.7 Å². The molecule has 2 aromatic carbocycles. The van der Waals surface area contributed by atoms with Crippen LogP contribution >= 0.6 is 11.6 Å². The van der Waals surface area contributed by atoms with E-state index in [0.717, 1.165) is 33.7 Å². The van der Waals surface area contributed by atoms with E-state index in [1.165, 1.54) is 5.54 Å². The van der Waals surface area contributed by atoms with Crippen LogP contribution in [0, 0.1) is 6.92 Å². The number of aryl methyl sites for hydroxylation is 1. The van der Waals surface area contributed by atoms with Crippen molar-refractivity contribution in [3.8, 4) is 5.75 Å². The van der Waals surface area contributed by atoms with Crippen molar-refractivity contribution in [3.05, 3.63) is 100 Å². The van der Waals surface area contributed by atoms with Gasteiger partial charge < -0.3 is 9.47 Å². The topological polar surface area (TPSA) is 31.4 Å². The molecule has 3 nitrogen and oxygen atoms in total.